The molecule has 0 saturated carbocycles. The third-order valence-corrected chi connectivity index (χ3v) is 3.02. The Labute approximate surface area is 124 Å². The normalized spacial score (nSPS) is 24.4. The topological polar surface area (TPSA) is 82.1 Å². The average molecular weight is 298 g/mol. The maximum atomic E-state index is 10.6. The van der Waals surface area contributed by atoms with Crippen LogP contribution in [0.15, 0.2) is 24.8 Å². The Hall–Kier alpha value is -1.66. The lowest BCUT2D eigenvalue weighted by molar-refractivity contribution is -0.140. The molecule has 2 rings (SSSR count). The molecule has 2 aliphatic heterocycles. The molecule has 0 aliphatic carbocycles. The lowest BCUT2D eigenvalue weighted by Crippen LogP contribution is -2.16. The molecule has 2 heterocycles. The van der Waals surface area contributed by atoms with E-state index < -0.39 is 5.97 Å². The fourth-order valence-electron chi connectivity index (χ4n) is 1.95. The summed E-state index contributed by atoms with van der Waals surface area (Å²) in [5.41, 5.74) is 0. The van der Waals surface area contributed by atoms with E-state index in [1.165, 1.54) is 0 Å². The van der Waals surface area contributed by atoms with E-state index in [4.69, 9.17) is 19.3 Å². The predicted octanol–water partition coefficient (Wildman–Crippen LogP) is 1.70. The Morgan fingerprint density at radius 1 is 1.24 bits per heavy atom. The van der Waals surface area contributed by atoms with E-state index in [9.17, 15) is 9.59 Å². The maximum absolute atomic E-state index is 10.6. The molecular weight excluding hydrogens is 276 g/mol. The van der Waals surface area contributed by atoms with Crippen LogP contribution < -0.4 is 0 Å². The summed E-state index contributed by atoms with van der Waals surface area (Å²) in [7, 11) is 0. The summed E-state index contributed by atoms with van der Waals surface area (Å²) in [6.07, 6.45) is 8.08. The predicted molar refractivity (Wildman–Crippen MR) is 75.9 cm³/mol. The molecule has 6 nitrogen and oxygen atoms in total. The highest BCUT2D eigenvalue weighted by Gasteiger charge is 2.16. The fourth-order valence-corrected chi connectivity index (χ4v) is 1.95. The van der Waals surface area contributed by atoms with E-state index in [-0.39, 0.29) is 18.2 Å². The molecule has 2 aliphatic rings. The molecule has 0 spiro atoms. The van der Waals surface area contributed by atoms with Crippen molar-refractivity contribution in [1.29, 1.82) is 0 Å². The van der Waals surface area contributed by atoms with Crippen molar-refractivity contribution in [2.75, 3.05) is 19.8 Å². The molecule has 2 unspecified atom stereocenters. The summed E-state index contributed by atoms with van der Waals surface area (Å²) >= 11 is 0. The van der Waals surface area contributed by atoms with Gasteiger partial charge in [0.1, 0.15) is 6.61 Å². The van der Waals surface area contributed by atoms with Crippen LogP contribution in [0.25, 0.3) is 0 Å². The van der Waals surface area contributed by atoms with E-state index >= 15 is 0 Å². The van der Waals surface area contributed by atoms with Crippen molar-refractivity contribution in [2.24, 2.45) is 0 Å². The molecule has 118 valence electrons. The van der Waals surface area contributed by atoms with Crippen molar-refractivity contribution >= 4 is 11.9 Å². The molecule has 0 aromatic rings. The SMILES string of the molecule is C=CC(=O)OCC1CCCO1.O=C(O)C=CC1CCCO1. The van der Waals surface area contributed by atoms with Crippen molar-refractivity contribution < 1.29 is 28.9 Å². The number of carboxylic acid groups (broad SMARTS) is 1. The molecule has 0 bridgehead atoms. The van der Waals surface area contributed by atoms with Crippen LogP contribution in [-0.2, 0) is 23.8 Å². The van der Waals surface area contributed by atoms with Gasteiger partial charge in [0, 0.05) is 25.4 Å². The van der Waals surface area contributed by atoms with Gasteiger partial charge in [-0.05, 0) is 31.8 Å². The molecule has 21 heavy (non-hydrogen) atoms. The standard InChI is InChI=1S/C8H12O3.C7H10O3/c1-2-8(9)11-6-7-4-3-5-10-7;8-7(9)4-3-6-2-1-5-10-6/h2,7H,1,3-6H2;3-4,6H,1-2,5H2,(H,8,9). The fraction of sp³-hybridized carbons (Fsp3) is 0.600. The van der Waals surface area contributed by atoms with Crippen LogP contribution in [0.1, 0.15) is 25.7 Å². The van der Waals surface area contributed by atoms with Crippen LogP contribution in [0, 0.1) is 0 Å². The minimum atomic E-state index is -0.907. The number of carbonyl (C=O) groups excluding carboxylic acids is 1. The van der Waals surface area contributed by atoms with E-state index in [1.54, 1.807) is 6.08 Å². The summed E-state index contributed by atoms with van der Waals surface area (Å²) in [6, 6.07) is 0. The maximum Gasteiger partial charge on any atom is 0.330 e. The van der Waals surface area contributed by atoms with Crippen molar-refractivity contribution in [3.05, 3.63) is 24.8 Å². The molecular formula is C15H22O6. The van der Waals surface area contributed by atoms with Gasteiger partial charge in [0.2, 0.25) is 0 Å². The minimum Gasteiger partial charge on any atom is -0.478 e. The second kappa shape index (κ2) is 10.1. The van der Waals surface area contributed by atoms with Crippen LogP contribution in [0.5, 0.6) is 0 Å². The van der Waals surface area contributed by atoms with Crippen molar-refractivity contribution in [2.45, 2.75) is 37.9 Å². The average Bonchev–Trinajstić information content (AvgIpc) is 3.16. The molecule has 0 aromatic carbocycles. The minimum absolute atomic E-state index is 0.0381. The van der Waals surface area contributed by atoms with Crippen LogP contribution >= 0.6 is 0 Å². The summed E-state index contributed by atoms with van der Waals surface area (Å²) in [6.45, 7) is 5.20. The van der Waals surface area contributed by atoms with E-state index in [0.717, 1.165) is 51.0 Å². The zero-order valence-electron chi connectivity index (χ0n) is 12.0. The largest absolute Gasteiger partial charge is 0.478 e. The number of carbonyl (C=O) groups is 2. The number of rotatable bonds is 5. The number of aliphatic carboxylic acids is 1. The van der Waals surface area contributed by atoms with Gasteiger partial charge in [0.15, 0.2) is 0 Å². The highest BCUT2D eigenvalue weighted by Crippen LogP contribution is 2.12. The Balaban J connectivity index is 0.000000211. The lowest BCUT2D eigenvalue weighted by Gasteiger charge is -2.07. The van der Waals surface area contributed by atoms with Crippen LogP contribution in [-0.4, -0.2) is 49.1 Å². The molecule has 6 heteroatoms. The summed E-state index contributed by atoms with van der Waals surface area (Å²) < 4.78 is 15.2. The molecule has 0 amide bonds. The van der Waals surface area contributed by atoms with Gasteiger partial charge in [-0.15, -0.1) is 0 Å². The van der Waals surface area contributed by atoms with Crippen molar-refractivity contribution in [3.8, 4) is 0 Å². The van der Waals surface area contributed by atoms with Gasteiger partial charge in [-0.3, -0.25) is 0 Å². The molecule has 0 aromatic heterocycles. The quantitative estimate of drug-likeness (QED) is 0.614. The van der Waals surface area contributed by atoms with E-state index in [0.29, 0.717) is 6.61 Å². The lowest BCUT2D eigenvalue weighted by atomic mass is 10.2. The van der Waals surface area contributed by atoms with Gasteiger partial charge in [-0.1, -0.05) is 6.58 Å². The third-order valence-electron chi connectivity index (χ3n) is 3.02. The number of hydrogen-bond donors (Lipinski definition) is 1. The third kappa shape index (κ3) is 8.27. The summed E-state index contributed by atoms with van der Waals surface area (Å²) in [4.78, 5) is 20.6. The highest BCUT2D eigenvalue weighted by molar-refractivity contribution is 5.81. The van der Waals surface area contributed by atoms with Gasteiger partial charge in [0.05, 0.1) is 12.2 Å². The number of carboxylic acids is 1. The van der Waals surface area contributed by atoms with Gasteiger partial charge in [-0.25, -0.2) is 9.59 Å². The molecule has 2 saturated heterocycles. The second-order valence-electron chi connectivity index (χ2n) is 4.72. The first kappa shape index (κ1) is 17.4. The van der Waals surface area contributed by atoms with Crippen LogP contribution in [0.2, 0.25) is 0 Å². The molecule has 1 N–H and O–H groups in total. The van der Waals surface area contributed by atoms with Crippen LogP contribution in [0.4, 0.5) is 0 Å². The first-order valence-corrected chi connectivity index (χ1v) is 7.05. The Bertz CT molecular complexity index is 364. The number of ether oxygens (including phenoxy) is 3. The van der Waals surface area contributed by atoms with Gasteiger partial charge in [-0.2, -0.15) is 0 Å². The van der Waals surface area contributed by atoms with Crippen molar-refractivity contribution in [3.63, 3.8) is 0 Å². The van der Waals surface area contributed by atoms with Gasteiger partial charge < -0.3 is 19.3 Å². The highest BCUT2D eigenvalue weighted by atomic mass is 16.6. The first-order chi connectivity index (χ1) is 10.1. The van der Waals surface area contributed by atoms with Gasteiger partial charge in [0.25, 0.3) is 0 Å². The molecule has 0 radical (unpaired) electrons. The van der Waals surface area contributed by atoms with Gasteiger partial charge >= 0.3 is 11.9 Å². The Kier molecular flexibility index (Phi) is 8.38. The molecule has 2 atom stereocenters. The van der Waals surface area contributed by atoms with E-state index in [1.807, 2.05) is 0 Å². The second-order valence-corrected chi connectivity index (χ2v) is 4.72. The number of esters is 1. The Morgan fingerprint density at radius 2 is 1.95 bits per heavy atom. The zero-order valence-corrected chi connectivity index (χ0v) is 12.0. The summed E-state index contributed by atoms with van der Waals surface area (Å²) in [5.74, 6) is -1.28. The Morgan fingerprint density at radius 3 is 2.48 bits per heavy atom. The van der Waals surface area contributed by atoms with Crippen molar-refractivity contribution in [1.82, 2.24) is 0 Å². The van der Waals surface area contributed by atoms with E-state index in [2.05, 4.69) is 6.58 Å². The zero-order chi connectivity index (χ0) is 15.5. The van der Waals surface area contributed by atoms with Crippen LogP contribution in [0.3, 0.4) is 0 Å². The summed E-state index contributed by atoms with van der Waals surface area (Å²) in [5, 5.41) is 8.23. The number of hydrogen-bond acceptors (Lipinski definition) is 5. The monoisotopic (exact) mass is 298 g/mol. The smallest absolute Gasteiger partial charge is 0.330 e. The molecule has 2 fully saturated rings. The first-order valence-electron chi connectivity index (χ1n) is 7.05.